The first kappa shape index (κ1) is 13.1. The van der Waals surface area contributed by atoms with Crippen LogP contribution < -0.4 is 0 Å². The smallest absolute Gasteiger partial charge is 0.0476 e. The first-order valence-electron chi connectivity index (χ1n) is 5.51. The Hall–Kier alpha value is -0.0100. The summed E-state index contributed by atoms with van der Waals surface area (Å²) in [6.45, 7) is 6.63. The van der Waals surface area contributed by atoms with Crippen molar-refractivity contribution < 1.29 is 0 Å². The van der Waals surface area contributed by atoms with Gasteiger partial charge in [0, 0.05) is 10.4 Å². The molecule has 0 nitrogen and oxygen atoms in total. The Bertz CT molecular complexity index is 334. The highest BCUT2D eigenvalue weighted by Crippen LogP contribution is 2.30. The summed E-state index contributed by atoms with van der Waals surface area (Å²) in [5.41, 5.74) is 4.01. The van der Waals surface area contributed by atoms with Gasteiger partial charge in [-0.3, -0.25) is 0 Å². The summed E-state index contributed by atoms with van der Waals surface area (Å²) < 4.78 is 1.22. The first-order chi connectivity index (χ1) is 7.13. The number of alkyl halides is 1. The van der Waals surface area contributed by atoms with Gasteiger partial charge in [0.1, 0.15) is 0 Å². The molecule has 0 spiro atoms. The molecular weight excluding hydrogens is 272 g/mol. The van der Waals surface area contributed by atoms with Crippen molar-refractivity contribution in [1.82, 2.24) is 0 Å². The van der Waals surface area contributed by atoms with Crippen LogP contribution in [0.2, 0.25) is 0 Å². The third kappa shape index (κ3) is 2.98. The highest BCUT2D eigenvalue weighted by molar-refractivity contribution is 9.10. The van der Waals surface area contributed by atoms with E-state index in [1.807, 2.05) is 0 Å². The van der Waals surface area contributed by atoms with Gasteiger partial charge < -0.3 is 0 Å². The molecule has 0 saturated heterocycles. The first-order valence-corrected chi connectivity index (χ1v) is 6.83. The lowest BCUT2D eigenvalue weighted by atomic mass is 9.94. The molecule has 0 aromatic heterocycles. The standard InChI is InChI=1S/C13H18BrCl/c1-4-9(3)12-6-11(8-15)10(5-2)7-13(12)14/h6-7,9H,4-5,8H2,1-3H3. The zero-order valence-corrected chi connectivity index (χ0v) is 12.0. The fourth-order valence-electron chi connectivity index (χ4n) is 1.73. The van der Waals surface area contributed by atoms with E-state index in [-0.39, 0.29) is 0 Å². The fourth-order valence-corrected chi connectivity index (χ4v) is 2.76. The topological polar surface area (TPSA) is 0 Å². The van der Waals surface area contributed by atoms with Crippen LogP contribution in [0.15, 0.2) is 16.6 Å². The minimum atomic E-state index is 0.590. The lowest BCUT2D eigenvalue weighted by molar-refractivity contribution is 0.728. The molecule has 0 amide bonds. The van der Waals surface area contributed by atoms with Crippen LogP contribution in [0.1, 0.15) is 49.8 Å². The minimum Gasteiger partial charge on any atom is -0.122 e. The second kappa shape index (κ2) is 5.91. The third-order valence-electron chi connectivity index (χ3n) is 2.99. The molecule has 2 heteroatoms. The van der Waals surface area contributed by atoms with Crippen molar-refractivity contribution in [2.75, 3.05) is 0 Å². The van der Waals surface area contributed by atoms with Crippen LogP contribution in [0.25, 0.3) is 0 Å². The Morgan fingerprint density at radius 2 is 1.93 bits per heavy atom. The molecular formula is C13H18BrCl. The maximum Gasteiger partial charge on any atom is 0.0476 e. The van der Waals surface area contributed by atoms with Crippen molar-refractivity contribution >= 4 is 27.5 Å². The summed E-state index contributed by atoms with van der Waals surface area (Å²) in [5.74, 6) is 1.20. The average Bonchev–Trinajstić information content (AvgIpc) is 2.27. The third-order valence-corrected chi connectivity index (χ3v) is 3.96. The summed E-state index contributed by atoms with van der Waals surface area (Å²) in [5, 5.41) is 0. The molecule has 0 N–H and O–H groups in total. The molecule has 0 saturated carbocycles. The van der Waals surface area contributed by atoms with E-state index in [0.29, 0.717) is 11.8 Å². The number of halogens is 2. The molecule has 0 aliphatic rings. The van der Waals surface area contributed by atoms with Gasteiger partial charge >= 0.3 is 0 Å². The Kier molecular flexibility index (Phi) is 5.14. The zero-order chi connectivity index (χ0) is 11.4. The van der Waals surface area contributed by atoms with E-state index in [1.54, 1.807) is 0 Å². The van der Waals surface area contributed by atoms with Crippen molar-refractivity contribution in [2.24, 2.45) is 0 Å². The highest BCUT2D eigenvalue weighted by Gasteiger charge is 2.11. The Labute approximate surface area is 106 Å². The van der Waals surface area contributed by atoms with Crippen LogP contribution in [0, 0.1) is 0 Å². The molecule has 1 atom stereocenters. The predicted molar refractivity (Wildman–Crippen MR) is 71.8 cm³/mol. The van der Waals surface area contributed by atoms with E-state index in [2.05, 4.69) is 48.8 Å². The molecule has 0 aliphatic heterocycles. The largest absolute Gasteiger partial charge is 0.122 e. The van der Waals surface area contributed by atoms with Gasteiger partial charge in [0.25, 0.3) is 0 Å². The van der Waals surface area contributed by atoms with Crippen LogP contribution in [-0.2, 0) is 12.3 Å². The second-order valence-corrected chi connectivity index (χ2v) is 5.06. The van der Waals surface area contributed by atoms with Crippen LogP contribution in [0.4, 0.5) is 0 Å². The second-order valence-electron chi connectivity index (χ2n) is 3.94. The van der Waals surface area contributed by atoms with Gasteiger partial charge in [-0.15, -0.1) is 11.6 Å². The van der Waals surface area contributed by atoms with Gasteiger partial charge in [-0.25, -0.2) is 0 Å². The molecule has 0 radical (unpaired) electrons. The Morgan fingerprint density at radius 3 is 2.40 bits per heavy atom. The number of hydrogen-bond donors (Lipinski definition) is 0. The Balaban J connectivity index is 3.19. The van der Waals surface area contributed by atoms with Gasteiger partial charge in [-0.2, -0.15) is 0 Å². The number of benzene rings is 1. The van der Waals surface area contributed by atoms with Crippen LogP contribution in [-0.4, -0.2) is 0 Å². The van der Waals surface area contributed by atoms with E-state index in [9.17, 15) is 0 Å². The van der Waals surface area contributed by atoms with E-state index in [1.165, 1.54) is 21.2 Å². The van der Waals surface area contributed by atoms with Crippen LogP contribution >= 0.6 is 27.5 Å². The SMILES string of the molecule is CCc1cc(Br)c(C(C)CC)cc1CCl. The number of hydrogen-bond acceptors (Lipinski definition) is 0. The maximum absolute atomic E-state index is 5.97. The van der Waals surface area contributed by atoms with E-state index < -0.39 is 0 Å². The predicted octanol–water partition coefficient (Wildman–Crippen LogP) is 5.26. The average molecular weight is 290 g/mol. The molecule has 1 unspecified atom stereocenters. The normalized spacial score (nSPS) is 12.9. The zero-order valence-electron chi connectivity index (χ0n) is 9.61. The van der Waals surface area contributed by atoms with Crippen LogP contribution in [0.5, 0.6) is 0 Å². The Morgan fingerprint density at radius 1 is 1.27 bits per heavy atom. The van der Waals surface area contributed by atoms with E-state index >= 15 is 0 Å². The van der Waals surface area contributed by atoms with Crippen molar-refractivity contribution in [3.05, 3.63) is 33.3 Å². The lowest BCUT2D eigenvalue weighted by Crippen LogP contribution is -1.98. The lowest BCUT2D eigenvalue weighted by Gasteiger charge is -2.15. The summed E-state index contributed by atoms with van der Waals surface area (Å²) in [7, 11) is 0. The number of aryl methyl sites for hydroxylation is 1. The quantitative estimate of drug-likeness (QED) is 0.663. The monoisotopic (exact) mass is 288 g/mol. The summed E-state index contributed by atoms with van der Waals surface area (Å²) in [6, 6.07) is 4.48. The molecule has 84 valence electrons. The maximum atomic E-state index is 5.97. The minimum absolute atomic E-state index is 0.590. The van der Waals surface area contributed by atoms with Gasteiger partial charge in [0.05, 0.1) is 0 Å². The van der Waals surface area contributed by atoms with Gasteiger partial charge in [0.15, 0.2) is 0 Å². The van der Waals surface area contributed by atoms with Gasteiger partial charge in [-0.05, 0) is 41.5 Å². The van der Waals surface area contributed by atoms with Crippen molar-refractivity contribution in [2.45, 2.75) is 45.4 Å². The van der Waals surface area contributed by atoms with Crippen molar-refractivity contribution in [1.29, 1.82) is 0 Å². The van der Waals surface area contributed by atoms with Crippen LogP contribution in [0.3, 0.4) is 0 Å². The molecule has 1 rings (SSSR count). The molecule has 0 bridgehead atoms. The van der Waals surface area contributed by atoms with E-state index in [4.69, 9.17) is 11.6 Å². The van der Waals surface area contributed by atoms with Gasteiger partial charge in [-0.1, -0.05) is 42.8 Å². The summed E-state index contributed by atoms with van der Waals surface area (Å²) >= 11 is 9.62. The highest BCUT2D eigenvalue weighted by atomic mass is 79.9. The molecule has 0 aliphatic carbocycles. The molecule has 15 heavy (non-hydrogen) atoms. The number of rotatable bonds is 4. The summed E-state index contributed by atoms with van der Waals surface area (Å²) in [4.78, 5) is 0. The molecule has 0 fully saturated rings. The molecule has 1 aromatic rings. The molecule has 0 heterocycles. The van der Waals surface area contributed by atoms with E-state index in [0.717, 1.165) is 12.8 Å². The summed E-state index contributed by atoms with van der Waals surface area (Å²) in [6.07, 6.45) is 2.20. The molecule has 1 aromatic carbocycles. The fraction of sp³-hybridized carbons (Fsp3) is 0.538. The van der Waals surface area contributed by atoms with Crippen molar-refractivity contribution in [3.8, 4) is 0 Å². The van der Waals surface area contributed by atoms with Crippen molar-refractivity contribution in [3.63, 3.8) is 0 Å². The van der Waals surface area contributed by atoms with Gasteiger partial charge in [0.2, 0.25) is 0 Å².